The maximum absolute atomic E-state index is 13.2. The third-order valence-corrected chi connectivity index (χ3v) is 5.29. The Hall–Kier alpha value is -3.61. The Morgan fingerprint density at radius 3 is 2.33 bits per heavy atom. The molecule has 0 saturated carbocycles. The maximum atomic E-state index is 13.2. The number of carbonyl (C=O) groups is 3. The number of aromatic nitrogens is 1. The number of H-pyrrole nitrogens is 1. The van der Waals surface area contributed by atoms with E-state index in [9.17, 15) is 14.4 Å². The number of esters is 1. The van der Waals surface area contributed by atoms with Gasteiger partial charge in [0.05, 0.1) is 12.3 Å². The number of aromatic amines is 1. The van der Waals surface area contributed by atoms with Gasteiger partial charge in [-0.1, -0.05) is 48.5 Å². The average molecular weight is 450 g/mol. The lowest BCUT2D eigenvalue weighted by Gasteiger charge is -2.23. The van der Waals surface area contributed by atoms with Crippen LogP contribution in [-0.2, 0) is 32.0 Å². The van der Waals surface area contributed by atoms with Gasteiger partial charge < -0.3 is 20.8 Å². The van der Waals surface area contributed by atoms with E-state index in [2.05, 4.69) is 10.3 Å². The van der Waals surface area contributed by atoms with E-state index in [4.69, 9.17) is 10.5 Å². The van der Waals surface area contributed by atoms with Crippen LogP contribution in [0, 0.1) is 5.92 Å². The Kier molecular flexibility index (Phi) is 7.53. The number of nitrogens with one attached hydrogen (secondary N) is 2. The Morgan fingerprint density at radius 2 is 1.67 bits per heavy atom. The smallest absolute Gasteiger partial charge is 0.307 e. The zero-order valence-electron chi connectivity index (χ0n) is 19.3. The van der Waals surface area contributed by atoms with Crippen LogP contribution in [0.1, 0.15) is 38.3 Å². The van der Waals surface area contributed by atoms with Crippen LogP contribution >= 0.6 is 0 Å². The first-order valence-corrected chi connectivity index (χ1v) is 11.0. The third-order valence-electron chi connectivity index (χ3n) is 5.29. The zero-order chi connectivity index (χ0) is 24.0. The number of rotatable bonds is 9. The van der Waals surface area contributed by atoms with Gasteiger partial charge in [0.1, 0.15) is 11.6 Å². The first kappa shape index (κ1) is 24.0. The van der Waals surface area contributed by atoms with Gasteiger partial charge in [0, 0.05) is 23.5 Å². The first-order chi connectivity index (χ1) is 15.6. The van der Waals surface area contributed by atoms with E-state index in [0.29, 0.717) is 6.42 Å². The molecule has 3 rings (SSSR count). The molecule has 3 aromatic rings. The molecule has 0 saturated heterocycles. The quantitative estimate of drug-likeness (QED) is 0.435. The Labute approximate surface area is 193 Å². The molecular weight excluding hydrogens is 418 g/mol. The standard InChI is InChI=1S/C26H31N3O4/c1-26(2,3)33-23(30)15-18(13-17-9-5-4-6-10-17)25(32)29-22(24(27)31)14-19-16-28-21-12-8-7-11-20(19)21/h4-12,16,18,22,28H,13-15H2,1-3H3,(H2,27,31)(H,29,32)/t18-,22+/m1/s1. The number of hydrogen-bond donors (Lipinski definition) is 3. The number of primary amides is 1. The Morgan fingerprint density at radius 1 is 1.00 bits per heavy atom. The molecule has 0 radical (unpaired) electrons. The van der Waals surface area contributed by atoms with Gasteiger partial charge in [-0.05, 0) is 44.4 Å². The molecule has 7 nitrogen and oxygen atoms in total. The van der Waals surface area contributed by atoms with Crippen molar-refractivity contribution in [2.75, 3.05) is 0 Å². The molecule has 2 aromatic carbocycles. The number of nitrogens with two attached hydrogens (primary N) is 1. The lowest BCUT2D eigenvalue weighted by Crippen LogP contribution is -2.48. The van der Waals surface area contributed by atoms with E-state index in [0.717, 1.165) is 22.0 Å². The molecule has 0 bridgehead atoms. The number of carbonyl (C=O) groups excluding carboxylic acids is 3. The number of ether oxygens (including phenoxy) is 1. The number of benzene rings is 2. The summed E-state index contributed by atoms with van der Waals surface area (Å²) in [6.45, 7) is 5.34. The molecule has 0 fully saturated rings. The lowest BCUT2D eigenvalue weighted by molar-refractivity contribution is -0.157. The highest BCUT2D eigenvalue weighted by Crippen LogP contribution is 2.20. The first-order valence-electron chi connectivity index (χ1n) is 11.0. The predicted molar refractivity (Wildman–Crippen MR) is 127 cm³/mol. The molecular formula is C26H31N3O4. The fourth-order valence-corrected chi connectivity index (χ4v) is 3.77. The van der Waals surface area contributed by atoms with Crippen LogP contribution in [0.25, 0.3) is 10.9 Å². The van der Waals surface area contributed by atoms with Crippen LogP contribution in [0.2, 0.25) is 0 Å². The Bertz CT molecular complexity index is 1120. The SMILES string of the molecule is CC(C)(C)OC(=O)C[C@@H](Cc1ccccc1)C(=O)N[C@@H](Cc1c[nH]c2ccccc12)C(N)=O. The molecule has 0 aliphatic carbocycles. The monoisotopic (exact) mass is 449 g/mol. The van der Waals surface area contributed by atoms with Crippen LogP contribution < -0.4 is 11.1 Å². The van der Waals surface area contributed by atoms with Crippen molar-refractivity contribution in [2.45, 2.75) is 51.7 Å². The lowest BCUT2D eigenvalue weighted by atomic mass is 9.94. The van der Waals surface area contributed by atoms with E-state index in [1.54, 1.807) is 20.8 Å². The highest BCUT2D eigenvalue weighted by atomic mass is 16.6. The zero-order valence-corrected chi connectivity index (χ0v) is 19.3. The van der Waals surface area contributed by atoms with Gasteiger partial charge in [-0.3, -0.25) is 14.4 Å². The van der Waals surface area contributed by atoms with Crippen molar-refractivity contribution in [2.24, 2.45) is 11.7 Å². The largest absolute Gasteiger partial charge is 0.460 e. The second-order valence-electron chi connectivity index (χ2n) is 9.20. The highest BCUT2D eigenvalue weighted by molar-refractivity contribution is 5.90. The van der Waals surface area contributed by atoms with Crippen molar-refractivity contribution < 1.29 is 19.1 Å². The Balaban J connectivity index is 1.77. The van der Waals surface area contributed by atoms with Gasteiger partial charge in [-0.25, -0.2) is 0 Å². The molecule has 0 aliphatic heterocycles. The molecule has 33 heavy (non-hydrogen) atoms. The van der Waals surface area contributed by atoms with Crippen LogP contribution in [0.5, 0.6) is 0 Å². The number of amides is 2. The second kappa shape index (κ2) is 10.3. The topological polar surface area (TPSA) is 114 Å². The van der Waals surface area contributed by atoms with Crippen LogP contribution in [0.4, 0.5) is 0 Å². The van der Waals surface area contributed by atoms with Crippen LogP contribution in [0.15, 0.2) is 60.8 Å². The van der Waals surface area contributed by atoms with Crippen LogP contribution in [0.3, 0.4) is 0 Å². The third kappa shape index (κ3) is 6.94. The summed E-state index contributed by atoms with van der Waals surface area (Å²) in [6.07, 6.45) is 2.30. The van der Waals surface area contributed by atoms with Gasteiger partial charge in [0.2, 0.25) is 11.8 Å². The van der Waals surface area contributed by atoms with Gasteiger partial charge in [-0.15, -0.1) is 0 Å². The molecule has 0 spiro atoms. The minimum absolute atomic E-state index is 0.101. The maximum Gasteiger partial charge on any atom is 0.307 e. The van der Waals surface area contributed by atoms with E-state index in [1.807, 2.05) is 60.8 Å². The molecule has 4 N–H and O–H groups in total. The van der Waals surface area contributed by atoms with Gasteiger partial charge in [0.15, 0.2) is 0 Å². The summed E-state index contributed by atoms with van der Waals surface area (Å²) in [4.78, 5) is 41.1. The predicted octanol–water partition coefficient (Wildman–Crippen LogP) is 3.27. The molecule has 1 aromatic heterocycles. The summed E-state index contributed by atoms with van der Waals surface area (Å²) in [5.41, 5.74) is 7.70. The van der Waals surface area contributed by atoms with E-state index < -0.39 is 35.3 Å². The molecule has 174 valence electrons. The van der Waals surface area contributed by atoms with E-state index in [-0.39, 0.29) is 12.8 Å². The van der Waals surface area contributed by atoms with Gasteiger partial charge in [0.25, 0.3) is 0 Å². The van der Waals surface area contributed by atoms with Gasteiger partial charge in [-0.2, -0.15) is 0 Å². The summed E-state index contributed by atoms with van der Waals surface area (Å²) < 4.78 is 5.43. The van der Waals surface area contributed by atoms with Crippen LogP contribution in [-0.4, -0.2) is 34.4 Å². The average Bonchev–Trinajstić information content (AvgIpc) is 3.15. The van der Waals surface area contributed by atoms with Crippen molar-refractivity contribution >= 4 is 28.7 Å². The normalized spacial score (nSPS) is 13.3. The molecule has 2 amide bonds. The summed E-state index contributed by atoms with van der Waals surface area (Å²) in [5.74, 6) is -2.21. The summed E-state index contributed by atoms with van der Waals surface area (Å²) in [5, 5.41) is 3.74. The van der Waals surface area contributed by atoms with Gasteiger partial charge >= 0.3 is 5.97 Å². The summed E-state index contributed by atoms with van der Waals surface area (Å²) >= 11 is 0. The van der Waals surface area contributed by atoms with E-state index in [1.165, 1.54) is 0 Å². The molecule has 0 aliphatic rings. The molecule has 7 heteroatoms. The summed E-state index contributed by atoms with van der Waals surface area (Å²) in [6, 6.07) is 16.2. The number of fused-ring (bicyclic) bond motifs is 1. The number of hydrogen-bond acceptors (Lipinski definition) is 4. The minimum Gasteiger partial charge on any atom is -0.460 e. The van der Waals surface area contributed by atoms with Crippen molar-refractivity contribution in [3.8, 4) is 0 Å². The highest BCUT2D eigenvalue weighted by Gasteiger charge is 2.29. The fraction of sp³-hybridized carbons (Fsp3) is 0.346. The van der Waals surface area contributed by atoms with Crippen molar-refractivity contribution in [3.63, 3.8) is 0 Å². The molecule has 2 atom stereocenters. The van der Waals surface area contributed by atoms with E-state index >= 15 is 0 Å². The fourth-order valence-electron chi connectivity index (χ4n) is 3.77. The number of para-hydroxylation sites is 1. The summed E-state index contributed by atoms with van der Waals surface area (Å²) in [7, 11) is 0. The molecule has 0 unspecified atom stereocenters. The minimum atomic E-state index is -0.909. The second-order valence-corrected chi connectivity index (χ2v) is 9.20. The molecule has 1 heterocycles. The van der Waals surface area contributed by atoms with Crippen molar-refractivity contribution in [1.82, 2.24) is 10.3 Å². The van der Waals surface area contributed by atoms with Crippen molar-refractivity contribution in [1.29, 1.82) is 0 Å². The van der Waals surface area contributed by atoms with Crippen molar-refractivity contribution in [3.05, 3.63) is 71.9 Å².